The number of carboxylic acids is 1. The van der Waals surface area contributed by atoms with Crippen molar-refractivity contribution in [2.24, 2.45) is 5.92 Å². The lowest BCUT2D eigenvalue weighted by Crippen LogP contribution is -2.54. The standard InChI is InChI=1S/C23H27N5O5S/c1-4-15-12-34-23(25-15)28-11-16(22(31)32)19(29)18-13(3)8-17(26-20(18)28)27-9-14(10-27)21(30)24-6-7-33-5-2/h8,11-12,14H,4-7,9-10H2,1-3H3,(H,24,30)(H,31,32). The molecule has 3 aromatic heterocycles. The van der Waals surface area contributed by atoms with Gasteiger partial charge in [0.05, 0.1) is 23.6 Å². The number of pyridine rings is 2. The number of aryl methyl sites for hydroxylation is 2. The van der Waals surface area contributed by atoms with Crippen LogP contribution in [0.2, 0.25) is 0 Å². The van der Waals surface area contributed by atoms with Gasteiger partial charge in [0.2, 0.25) is 11.3 Å². The summed E-state index contributed by atoms with van der Waals surface area (Å²) in [6.07, 6.45) is 2.03. The lowest BCUT2D eigenvalue weighted by atomic mass is 9.98. The number of hydrogen-bond acceptors (Lipinski definition) is 8. The molecule has 0 bridgehead atoms. The predicted octanol–water partition coefficient (Wildman–Crippen LogP) is 2.00. The van der Waals surface area contributed by atoms with Crippen molar-refractivity contribution < 1.29 is 19.4 Å². The van der Waals surface area contributed by atoms with E-state index in [1.54, 1.807) is 17.6 Å². The molecule has 0 saturated carbocycles. The smallest absolute Gasteiger partial charge is 0.341 e. The number of rotatable bonds is 9. The highest BCUT2D eigenvalue weighted by Gasteiger charge is 2.34. The number of amides is 1. The van der Waals surface area contributed by atoms with Crippen LogP contribution in [0.3, 0.4) is 0 Å². The van der Waals surface area contributed by atoms with Crippen LogP contribution in [0, 0.1) is 12.8 Å². The molecule has 0 aliphatic carbocycles. The lowest BCUT2D eigenvalue weighted by molar-refractivity contribution is -0.125. The van der Waals surface area contributed by atoms with E-state index in [9.17, 15) is 19.5 Å². The zero-order valence-corrected chi connectivity index (χ0v) is 20.1. The van der Waals surface area contributed by atoms with Crippen LogP contribution in [-0.2, 0) is 16.0 Å². The van der Waals surface area contributed by atoms with Gasteiger partial charge in [-0.15, -0.1) is 11.3 Å². The number of ether oxygens (including phenoxy) is 1. The van der Waals surface area contributed by atoms with Crippen molar-refractivity contribution in [2.45, 2.75) is 27.2 Å². The molecule has 1 fully saturated rings. The normalized spacial score (nSPS) is 13.8. The SMILES string of the molecule is CCOCCNC(=O)C1CN(c2cc(C)c3c(=O)c(C(=O)O)cn(-c4nc(CC)cs4)c3n2)C1. The third kappa shape index (κ3) is 4.53. The summed E-state index contributed by atoms with van der Waals surface area (Å²) in [5.41, 5.74) is 0.951. The molecule has 34 heavy (non-hydrogen) atoms. The molecule has 0 unspecified atom stereocenters. The maximum atomic E-state index is 13.0. The van der Waals surface area contributed by atoms with E-state index >= 15 is 0 Å². The molecule has 11 heteroatoms. The van der Waals surface area contributed by atoms with Crippen LogP contribution in [0.4, 0.5) is 5.82 Å². The number of carbonyl (C=O) groups excluding carboxylic acids is 1. The molecule has 0 spiro atoms. The van der Waals surface area contributed by atoms with E-state index in [-0.39, 0.29) is 22.8 Å². The van der Waals surface area contributed by atoms with Gasteiger partial charge in [-0.3, -0.25) is 14.2 Å². The first kappa shape index (κ1) is 23.8. The summed E-state index contributed by atoms with van der Waals surface area (Å²) < 4.78 is 6.83. The van der Waals surface area contributed by atoms with Crippen molar-refractivity contribution in [1.29, 1.82) is 0 Å². The van der Waals surface area contributed by atoms with E-state index in [0.29, 0.717) is 55.0 Å². The Hall–Kier alpha value is -3.31. The molecule has 3 aromatic rings. The second-order valence-electron chi connectivity index (χ2n) is 8.11. The van der Waals surface area contributed by atoms with Crippen LogP contribution in [0.25, 0.3) is 16.2 Å². The van der Waals surface area contributed by atoms with Crippen molar-refractivity contribution in [2.75, 3.05) is 37.7 Å². The fourth-order valence-electron chi connectivity index (χ4n) is 3.87. The van der Waals surface area contributed by atoms with Gasteiger partial charge in [0.15, 0.2) is 10.8 Å². The number of nitrogens with one attached hydrogen (secondary N) is 1. The molecule has 0 aromatic carbocycles. The zero-order valence-electron chi connectivity index (χ0n) is 19.3. The first-order chi connectivity index (χ1) is 16.3. The largest absolute Gasteiger partial charge is 0.477 e. The third-order valence-electron chi connectivity index (χ3n) is 5.81. The molecule has 10 nitrogen and oxygen atoms in total. The van der Waals surface area contributed by atoms with Gasteiger partial charge < -0.3 is 20.1 Å². The quantitative estimate of drug-likeness (QED) is 0.441. The fraction of sp³-hybridized carbons (Fsp3) is 0.435. The summed E-state index contributed by atoms with van der Waals surface area (Å²) in [6, 6.07) is 1.77. The number of fused-ring (bicyclic) bond motifs is 1. The van der Waals surface area contributed by atoms with Crippen molar-refractivity contribution in [3.63, 3.8) is 0 Å². The van der Waals surface area contributed by atoms with Crippen molar-refractivity contribution in [3.8, 4) is 5.13 Å². The molecule has 4 heterocycles. The lowest BCUT2D eigenvalue weighted by Gasteiger charge is -2.39. The Morgan fingerprint density at radius 3 is 2.71 bits per heavy atom. The highest BCUT2D eigenvalue weighted by atomic mass is 32.1. The van der Waals surface area contributed by atoms with Gasteiger partial charge in [0, 0.05) is 37.8 Å². The summed E-state index contributed by atoms with van der Waals surface area (Å²) in [5.74, 6) is -0.836. The summed E-state index contributed by atoms with van der Waals surface area (Å²) in [6.45, 7) is 8.24. The molecule has 4 rings (SSSR count). The molecule has 1 aliphatic heterocycles. The maximum absolute atomic E-state index is 13.0. The van der Waals surface area contributed by atoms with E-state index in [0.717, 1.165) is 12.1 Å². The van der Waals surface area contributed by atoms with Crippen molar-refractivity contribution in [1.82, 2.24) is 19.9 Å². The van der Waals surface area contributed by atoms with Gasteiger partial charge in [-0.1, -0.05) is 6.92 Å². The van der Waals surface area contributed by atoms with Crippen molar-refractivity contribution >= 4 is 40.1 Å². The number of aromatic nitrogens is 3. The number of thiazole rings is 1. The Bertz CT molecular complexity index is 1290. The first-order valence-corrected chi connectivity index (χ1v) is 12.1. The van der Waals surface area contributed by atoms with Gasteiger partial charge in [-0.2, -0.15) is 0 Å². The average Bonchev–Trinajstić information content (AvgIpc) is 3.24. The van der Waals surface area contributed by atoms with Gasteiger partial charge >= 0.3 is 5.97 Å². The third-order valence-corrected chi connectivity index (χ3v) is 6.70. The minimum absolute atomic E-state index is 0.0219. The van der Waals surface area contributed by atoms with E-state index < -0.39 is 11.4 Å². The average molecular weight is 486 g/mol. The van der Waals surface area contributed by atoms with E-state index in [1.165, 1.54) is 17.5 Å². The van der Waals surface area contributed by atoms with Gasteiger partial charge in [-0.25, -0.2) is 14.8 Å². The molecule has 180 valence electrons. The number of anilines is 1. The Morgan fingerprint density at radius 2 is 2.06 bits per heavy atom. The number of aromatic carboxylic acids is 1. The summed E-state index contributed by atoms with van der Waals surface area (Å²) in [4.78, 5) is 48.3. The number of hydrogen-bond donors (Lipinski definition) is 2. The fourth-order valence-corrected chi connectivity index (χ4v) is 4.76. The highest BCUT2D eigenvalue weighted by molar-refractivity contribution is 7.12. The van der Waals surface area contributed by atoms with Gasteiger partial charge in [0.1, 0.15) is 11.4 Å². The van der Waals surface area contributed by atoms with E-state index in [1.807, 2.05) is 24.1 Å². The van der Waals surface area contributed by atoms with E-state index in [4.69, 9.17) is 9.72 Å². The molecule has 0 radical (unpaired) electrons. The zero-order chi connectivity index (χ0) is 24.4. The molecular formula is C23H27N5O5S. The molecule has 0 atom stereocenters. The Morgan fingerprint density at radius 1 is 1.29 bits per heavy atom. The van der Waals surface area contributed by atoms with E-state index in [2.05, 4.69) is 10.3 Å². The Kier molecular flexibility index (Phi) is 6.94. The first-order valence-electron chi connectivity index (χ1n) is 11.2. The Labute approximate surface area is 200 Å². The minimum Gasteiger partial charge on any atom is -0.477 e. The molecular weight excluding hydrogens is 458 g/mol. The van der Waals surface area contributed by atoms with Crippen molar-refractivity contribution in [3.05, 3.63) is 44.7 Å². The maximum Gasteiger partial charge on any atom is 0.341 e. The second-order valence-corrected chi connectivity index (χ2v) is 8.94. The predicted molar refractivity (Wildman–Crippen MR) is 129 cm³/mol. The molecule has 2 N–H and O–H groups in total. The van der Waals surface area contributed by atoms with Crippen LogP contribution < -0.4 is 15.6 Å². The number of nitrogens with zero attached hydrogens (tertiary/aromatic N) is 4. The summed E-state index contributed by atoms with van der Waals surface area (Å²) in [7, 11) is 0. The molecule has 1 amide bonds. The molecule has 1 saturated heterocycles. The minimum atomic E-state index is -1.29. The highest BCUT2D eigenvalue weighted by Crippen LogP contribution is 2.28. The van der Waals surface area contributed by atoms with Gasteiger partial charge in [0.25, 0.3) is 0 Å². The van der Waals surface area contributed by atoms with Crippen LogP contribution in [0.1, 0.15) is 35.5 Å². The monoisotopic (exact) mass is 485 g/mol. The van der Waals surface area contributed by atoms with Crippen LogP contribution in [0.5, 0.6) is 0 Å². The number of carboxylic acid groups (broad SMARTS) is 1. The van der Waals surface area contributed by atoms with Crippen LogP contribution in [-0.4, -0.2) is 64.4 Å². The summed E-state index contributed by atoms with van der Waals surface area (Å²) >= 11 is 1.36. The topological polar surface area (TPSA) is 127 Å². The van der Waals surface area contributed by atoms with Crippen LogP contribution >= 0.6 is 11.3 Å². The Balaban J connectivity index is 1.67. The molecule has 1 aliphatic rings. The van der Waals surface area contributed by atoms with Crippen LogP contribution in [0.15, 0.2) is 22.4 Å². The number of carbonyl (C=O) groups is 2. The second kappa shape index (κ2) is 9.90. The summed E-state index contributed by atoms with van der Waals surface area (Å²) in [5, 5.41) is 15.2. The van der Waals surface area contributed by atoms with Gasteiger partial charge in [-0.05, 0) is 31.9 Å².